The first kappa shape index (κ1) is 13.6. The lowest BCUT2D eigenvalue weighted by Gasteiger charge is -2.08. The fourth-order valence-electron chi connectivity index (χ4n) is 2.07. The third-order valence-corrected chi connectivity index (χ3v) is 3.24. The number of aromatic nitrogens is 4. The predicted octanol–water partition coefficient (Wildman–Crippen LogP) is 3.21. The first-order valence-corrected chi connectivity index (χ1v) is 6.72. The topological polar surface area (TPSA) is 52.8 Å². The average Bonchev–Trinajstić information content (AvgIpc) is 2.93. The second kappa shape index (κ2) is 5.54. The first-order valence-electron chi connectivity index (χ1n) is 6.34. The van der Waals surface area contributed by atoms with Gasteiger partial charge in [0.05, 0.1) is 24.6 Å². The van der Waals surface area contributed by atoms with Gasteiger partial charge in [0, 0.05) is 24.9 Å². The van der Waals surface area contributed by atoms with Crippen molar-refractivity contribution < 1.29 is 4.74 Å². The molecule has 0 spiro atoms. The zero-order chi connectivity index (χ0) is 14.8. The number of hydrogen-bond donors (Lipinski definition) is 0. The van der Waals surface area contributed by atoms with Gasteiger partial charge >= 0.3 is 0 Å². The summed E-state index contributed by atoms with van der Waals surface area (Å²) < 4.78 is 7.07. The molecule has 0 N–H and O–H groups in total. The van der Waals surface area contributed by atoms with E-state index in [4.69, 9.17) is 16.3 Å². The molecule has 5 nitrogen and oxygen atoms in total. The number of para-hydroxylation sites is 1. The van der Waals surface area contributed by atoms with Crippen molar-refractivity contribution in [2.75, 3.05) is 7.11 Å². The minimum absolute atomic E-state index is 0.379. The Morgan fingerprint density at radius 3 is 2.71 bits per heavy atom. The Bertz CT molecular complexity index is 785. The summed E-state index contributed by atoms with van der Waals surface area (Å²) in [7, 11) is 3.47. The van der Waals surface area contributed by atoms with Gasteiger partial charge in [-0.2, -0.15) is 5.10 Å². The Hall–Kier alpha value is -2.40. The molecule has 0 aliphatic carbocycles. The molecular formula is C15H13ClN4O. The van der Waals surface area contributed by atoms with Crippen molar-refractivity contribution >= 4 is 11.6 Å². The highest BCUT2D eigenvalue weighted by molar-refractivity contribution is 6.29. The van der Waals surface area contributed by atoms with E-state index in [2.05, 4.69) is 15.1 Å². The second-order valence-corrected chi connectivity index (χ2v) is 4.89. The highest BCUT2D eigenvalue weighted by Crippen LogP contribution is 2.29. The molecule has 2 aromatic heterocycles. The van der Waals surface area contributed by atoms with Crippen molar-refractivity contribution in [1.82, 2.24) is 19.7 Å². The number of aryl methyl sites for hydroxylation is 1. The van der Waals surface area contributed by atoms with Gasteiger partial charge in [-0.25, -0.2) is 9.97 Å². The fourth-order valence-corrected chi connectivity index (χ4v) is 2.25. The van der Waals surface area contributed by atoms with E-state index in [1.807, 2.05) is 37.5 Å². The summed E-state index contributed by atoms with van der Waals surface area (Å²) in [4.78, 5) is 8.86. The number of nitrogens with zero attached hydrogens (tertiary/aromatic N) is 4. The van der Waals surface area contributed by atoms with Crippen LogP contribution < -0.4 is 4.74 Å². The second-order valence-electron chi connectivity index (χ2n) is 4.50. The summed E-state index contributed by atoms with van der Waals surface area (Å²) in [5.74, 6) is 1.23. The van der Waals surface area contributed by atoms with Crippen molar-refractivity contribution in [3.8, 4) is 28.4 Å². The van der Waals surface area contributed by atoms with Crippen LogP contribution in [0.15, 0.2) is 42.7 Å². The maximum Gasteiger partial charge on any atom is 0.165 e. The van der Waals surface area contributed by atoms with E-state index in [1.165, 1.54) is 0 Å². The Balaban J connectivity index is 2.14. The zero-order valence-electron chi connectivity index (χ0n) is 11.6. The summed E-state index contributed by atoms with van der Waals surface area (Å²) in [6.07, 6.45) is 3.62. The van der Waals surface area contributed by atoms with E-state index >= 15 is 0 Å². The van der Waals surface area contributed by atoms with Gasteiger partial charge in [0.2, 0.25) is 0 Å². The Morgan fingerprint density at radius 1 is 1.19 bits per heavy atom. The van der Waals surface area contributed by atoms with Crippen LogP contribution in [0, 0.1) is 0 Å². The summed E-state index contributed by atoms with van der Waals surface area (Å²) in [6.45, 7) is 0. The van der Waals surface area contributed by atoms with E-state index in [9.17, 15) is 0 Å². The van der Waals surface area contributed by atoms with Crippen LogP contribution in [0.2, 0.25) is 5.15 Å². The lowest BCUT2D eigenvalue weighted by molar-refractivity contribution is 0.416. The van der Waals surface area contributed by atoms with Crippen LogP contribution in [0.3, 0.4) is 0 Å². The molecule has 0 fully saturated rings. The predicted molar refractivity (Wildman–Crippen MR) is 81.2 cm³/mol. The molecule has 1 aromatic carbocycles. The summed E-state index contributed by atoms with van der Waals surface area (Å²) in [5, 5.41) is 4.53. The molecule has 0 bridgehead atoms. The van der Waals surface area contributed by atoms with Crippen LogP contribution in [-0.2, 0) is 7.05 Å². The van der Waals surface area contributed by atoms with E-state index < -0.39 is 0 Å². The highest BCUT2D eigenvalue weighted by Gasteiger charge is 2.12. The minimum Gasteiger partial charge on any atom is -0.496 e. The van der Waals surface area contributed by atoms with Gasteiger partial charge in [-0.1, -0.05) is 23.7 Å². The van der Waals surface area contributed by atoms with Gasteiger partial charge in [-0.05, 0) is 12.1 Å². The van der Waals surface area contributed by atoms with Crippen LogP contribution in [0.25, 0.3) is 22.6 Å². The lowest BCUT2D eigenvalue weighted by atomic mass is 10.1. The third kappa shape index (κ3) is 2.73. The van der Waals surface area contributed by atoms with Gasteiger partial charge in [-0.3, -0.25) is 4.68 Å². The highest BCUT2D eigenvalue weighted by atomic mass is 35.5. The van der Waals surface area contributed by atoms with Crippen LogP contribution in [0.5, 0.6) is 5.75 Å². The molecule has 21 heavy (non-hydrogen) atoms. The summed E-state index contributed by atoms with van der Waals surface area (Å²) in [5.41, 5.74) is 2.41. The summed E-state index contributed by atoms with van der Waals surface area (Å²) in [6, 6.07) is 9.29. The Morgan fingerprint density at radius 2 is 2.00 bits per heavy atom. The number of halogens is 1. The quantitative estimate of drug-likeness (QED) is 0.697. The molecule has 106 valence electrons. The molecule has 0 radical (unpaired) electrons. The fraction of sp³-hybridized carbons (Fsp3) is 0.133. The van der Waals surface area contributed by atoms with Crippen LogP contribution in [0.1, 0.15) is 0 Å². The maximum atomic E-state index is 6.13. The monoisotopic (exact) mass is 300 g/mol. The Kier molecular flexibility index (Phi) is 3.58. The largest absolute Gasteiger partial charge is 0.496 e. The summed E-state index contributed by atoms with van der Waals surface area (Å²) >= 11 is 6.13. The van der Waals surface area contributed by atoms with Gasteiger partial charge in [0.15, 0.2) is 5.82 Å². The minimum atomic E-state index is 0.379. The molecule has 0 aliphatic rings. The standard InChI is InChI=1S/C15H13ClN4O/c1-20-9-10(8-17-20)12-7-14(16)19-15(18-12)11-5-3-4-6-13(11)21-2/h3-9H,1-2H3. The molecule has 3 aromatic rings. The van der Waals surface area contributed by atoms with E-state index in [-0.39, 0.29) is 0 Å². The number of hydrogen-bond acceptors (Lipinski definition) is 4. The number of rotatable bonds is 3. The lowest BCUT2D eigenvalue weighted by Crippen LogP contribution is -1.95. The van der Waals surface area contributed by atoms with Crippen molar-refractivity contribution in [2.45, 2.75) is 0 Å². The molecule has 0 saturated heterocycles. The molecule has 3 rings (SSSR count). The van der Waals surface area contributed by atoms with E-state index in [0.29, 0.717) is 16.7 Å². The molecule has 0 amide bonds. The first-order chi connectivity index (χ1) is 10.2. The van der Waals surface area contributed by atoms with Gasteiger partial charge in [0.25, 0.3) is 0 Å². The third-order valence-electron chi connectivity index (χ3n) is 3.04. The molecule has 0 unspecified atom stereocenters. The van der Waals surface area contributed by atoms with Crippen molar-refractivity contribution in [3.63, 3.8) is 0 Å². The van der Waals surface area contributed by atoms with Gasteiger partial charge < -0.3 is 4.74 Å². The maximum absolute atomic E-state index is 6.13. The Labute approximate surface area is 127 Å². The van der Waals surface area contributed by atoms with Crippen molar-refractivity contribution in [3.05, 3.63) is 47.9 Å². The average molecular weight is 301 g/mol. The van der Waals surface area contributed by atoms with Crippen LogP contribution >= 0.6 is 11.6 Å². The SMILES string of the molecule is COc1ccccc1-c1nc(Cl)cc(-c2cnn(C)c2)n1. The van der Waals surface area contributed by atoms with E-state index in [1.54, 1.807) is 24.1 Å². The number of methoxy groups -OCH3 is 1. The van der Waals surface area contributed by atoms with Gasteiger partial charge in [-0.15, -0.1) is 0 Å². The molecular weight excluding hydrogens is 288 g/mol. The van der Waals surface area contributed by atoms with Gasteiger partial charge in [0.1, 0.15) is 10.9 Å². The smallest absolute Gasteiger partial charge is 0.165 e. The zero-order valence-corrected chi connectivity index (χ0v) is 12.4. The molecule has 0 saturated carbocycles. The molecule has 6 heteroatoms. The van der Waals surface area contributed by atoms with E-state index in [0.717, 1.165) is 16.8 Å². The van der Waals surface area contributed by atoms with Crippen molar-refractivity contribution in [1.29, 1.82) is 0 Å². The number of ether oxygens (including phenoxy) is 1. The van der Waals surface area contributed by atoms with Crippen LogP contribution in [0.4, 0.5) is 0 Å². The number of benzene rings is 1. The normalized spacial score (nSPS) is 10.6. The molecule has 0 aliphatic heterocycles. The van der Waals surface area contributed by atoms with Crippen LogP contribution in [-0.4, -0.2) is 26.9 Å². The van der Waals surface area contributed by atoms with Crippen molar-refractivity contribution in [2.24, 2.45) is 7.05 Å². The molecule has 0 atom stereocenters. The molecule has 2 heterocycles.